The second-order valence-corrected chi connectivity index (χ2v) is 9.75. The van der Waals surface area contributed by atoms with Gasteiger partial charge in [0, 0.05) is 18.2 Å². The van der Waals surface area contributed by atoms with E-state index in [1.807, 2.05) is 31.2 Å². The third kappa shape index (κ3) is 6.29. The summed E-state index contributed by atoms with van der Waals surface area (Å²) in [4.78, 5) is 12.8. The molecule has 0 aliphatic rings. The molecule has 2 N–H and O–H groups in total. The number of ether oxygens (including phenoxy) is 2. The number of carbonyl (C=O) groups is 1. The van der Waals surface area contributed by atoms with Gasteiger partial charge in [-0.25, -0.2) is 13.1 Å². The van der Waals surface area contributed by atoms with Crippen LogP contribution in [0.5, 0.6) is 5.75 Å². The summed E-state index contributed by atoms with van der Waals surface area (Å²) >= 11 is 0. The summed E-state index contributed by atoms with van der Waals surface area (Å²) in [5.74, 6) is 0.423. The lowest BCUT2D eigenvalue weighted by molar-refractivity contribution is 0.0644. The molecule has 2 rings (SSSR count). The summed E-state index contributed by atoms with van der Waals surface area (Å²) in [5.41, 5.74) is 0.669. The second-order valence-electron chi connectivity index (χ2n) is 8.07. The number of benzene rings is 2. The van der Waals surface area contributed by atoms with E-state index >= 15 is 0 Å². The smallest absolute Gasteiger partial charge is 0.251 e. The zero-order valence-corrected chi connectivity index (χ0v) is 19.0. The highest BCUT2D eigenvalue weighted by Crippen LogP contribution is 2.23. The first-order chi connectivity index (χ1) is 14.0. The van der Waals surface area contributed by atoms with E-state index in [9.17, 15) is 13.2 Å². The number of sulfonamides is 1. The van der Waals surface area contributed by atoms with Crippen molar-refractivity contribution in [2.24, 2.45) is 0 Å². The van der Waals surface area contributed by atoms with Crippen molar-refractivity contribution in [1.82, 2.24) is 10.0 Å². The Balaban J connectivity index is 2.10. The first-order valence-electron chi connectivity index (χ1n) is 9.58. The molecular formula is C22H30N2O5S. The van der Waals surface area contributed by atoms with Crippen molar-refractivity contribution in [2.75, 3.05) is 14.2 Å². The lowest BCUT2D eigenvalue weighted by atomic mass is 10.0. The lowest BCUT2D eigenvalue weighted by Gasteiger charge is -2.24. The number of hydrogen-bond acceptors (Lipinski definition) is 5. The molecule has 2 atom stereocenters. The molecule has 0 spiro atoms. The van der Waals surface area contributed by atoms with Gasteiger partial charge in [0.1, 0.15) is 11.9 Å². The first-order valence-corrected chi connectivity index (χ1v) is 11.1. The van der Waals surface area contributed by atoms with Crippen LogP contribution in [0.1, 0.15) is 49.7 Å². The maximum atomic E-state index is 12.6. The molecule has 2 aromatic rings. The van der Waals surface area contributed by atoms with Crippen molar-refractivity contribution in [3.63, 3.8) is 0 Å². The van der Waals surface area contributed by atoms with Crippen molar-refractivity contribution < 1.29 is 22.7 Å². The predicted molar refractivity (Wildman–Crippen MR) is 116 cm³/mol. The molecule has 0 aliphatic heterocycles. The average molecular weight is 435 g/mol. The van der Waals surface area contributed by atoms with Gasteiger partial charge in [-0.1, -0.05) is 12.1 Å². The average Bonchev–Trinajstić information content (AvgIpc) is 2.67. The Kier molecular flexibility index (Phi) is 7.63. The minimum absolute atomic E-state index is 0.107. The number of rotatable bonds is 8. The van der Waals surface area contributed by atoms with Gasteiger partial charge in [0.05, 0.1) is 18.0 Å². The summed E-state index contributed by atoms with van der Waals surface area (Å²) in [7, 11) is -0.473. The molecule has 0 saturated carbocycles. The molecular weight excluding hydrogens is 404 g/mol. The van der Waals surface area contributed by atoms with Gasteiger partial charge < -0.3 is 14.8 Å². The van der Waals surface area contributed by atoms with E-state index in [-0.39, 0.29) is 22.9 Å². The molecule has 7 nitrogen and oxygen atoms in total. The Morgan fingerprint density at radius 3 is 2.00 bits per heavy atom. The molecule has 0 unspecified atom stereocenters. The monoisotopic (exact) mass is 434 g/mol. The highest BCUT2D eigenvalue weighted by atomic mass is 32.2. The maximum Gasteiger partial charge on any atom is 0.251 e. The predicted octanol–water partition coefficient (Wildman–Crippen LogP) is 3.28. The van der Waals surface area contributed by atoms with Gasteiger partial charge in [-0.3, -0.25) is 4.79 Å². The summed E-state index contributed by atoms with van der Waals surface area (Å²) in [6.45, 7) is 7.15. The number of amides is 1. The molecule has 0 saturated heterocycles. The van der Waals surface area contributed by atoms with E-state index in [1.165, 1.54) is 24.3 Å². The van der Waals surface area contributed by atoms with Crippen LogP contribution in [0, 0.1) is 0 Å². The van der Waals surface area contributed by atoms with Crippen LogP contribution in [0.4, 0.5) is 0 Å². The van der Waals surface area contributed by atoms with Crippen molar-refractivity contribution in [2.45, 2.75) is 50.3 Å². The van der Waals surface area contributed by atoms with Gasteiger partial charge in [0.25, 0.3) is 5.91 Å². The Morgan fingerprint density at radius 1 is 0.967 bits per heavy atom. The number of carbonyl (C=O) groups excluding carboxylic acids is 1. The topological polar surface area (TPSA) is 93.7 Å². The zero-order chi connectivity index (χ0) is 22.5. The first kappa shape index (κ1) is 23.9. The van der Waals surface area contributed by atoms with Crippen LogP contribution in [0.15, 0.2) is 53.4 Å². The van der Waals surface area contributed by atoms with Crippen molar-refractivity contribution in [1.29, 1.82) is 0 Å². The highest BCUT2D eigenvalue weighted by Gasteiger charge is 2.24. The van der Waals surface area contributed by atoms with E-state index < -0.39 is 15.6 Å². The van der Waals surface area contributed by atoms with Crippen LogP contribution in [-0.4, -0.2) is 40.1 Å². The van der Waals surface area contributed by atoms with E-state index in [0.717, 1.165) is 11.3 Å². The van der Waals surface area contributed by atoms with E-state index in [4.69, 9.17) is 9.47 Å². The number of hydrogen-bond donors (Lipinski definition) is 2. The Labute approximate surface area is 178 Å². The molecule has 0 aliphatic carbocycles. The van der Waals surface area contributed by atoms with Crippen molar-refractivity contribution in [3.8, 4) is 5.75 Å². The molecule has 8 heteroatoms. The number of nitrogens with one attached hydrogen (secondary N) is 2. The quantitative estimate of drug-likeness (QED) is 0.665. The van der Waals surface area contributed by atoms with Gasteiger partial charge in [0.15, 0.2) is 0 Å². The van der Waals surface area contributed by atoms with Gasteiger partial charge in [-0.05, 0) is 69.7 Å². The van der Waals surface area contributed by atoms with Crippen LogP contribution in [-0.2, 0) is 14.8 Å². The van der Waals surface area contributed by atoms with Crippen LogP contribution >= 0.6 is 0 Å². The Bertz CT molecular complexity index is 949. The molecule has 0 fully saturated rings. The van der Waals surface area contributed by atoms with Gasteiger partial charge in [-0.15, -0.1) is 0 Å². The molecule has 30 heavy (non-hydrogen) atoms. The highest BCUT2D eigenvalue weighted by molar-refractivity contribution is 7.89. The fraction of sp³-hybridized carbons (Fsp3) is 0.409. The molecule has 2 aromatic carbocycles. The SMILES string of the molecule is COc1ccc([C@H](OC)[C@@H](C)NC(=O)c2ccc(S(=O)(=O)NC(C)(C)C)cc2)cc1. The fourth-order valence-electron chi connectivity index (χ4n) is 3.04. The van der Waals surface area contributed by atoms with Crippen LogP contribution in [0.25, 0.3) is 0 Å². The minimum Gasteiger partial charge on any atom is -0.497 e. The third-order valence-electron chi connectivity index (χ3n) is 4.38. The maximum absolute atomic E-state index is 12.6. The standard InChI is InChI=1S/C22H30N2O5S/c1-15(20(29-6)16-7-11-18(28-5)12-8-16)23-21(25)17-9-13-19(14-10-17)30(26,27)24-22(2,3)4/h7-15,20,24H,1-6H3,(H,23,25)/t15-,20-/m1/s1. The van der Waals surface area contributed by atoms with Gasteiger partial charge in [0.2, 0.25) is 10.0 Å². The molecule has 0 heterocycles. The molecule has 1 amide bonds. The molecule has 0 bridgehead atoms. The molecule has 164 valence electrons. The van der Waals surface area contributed by atoms with Crippen molar-refractivity contribution in [3.05, 3.63) is 59.7 Å². The van der Waals surface area contributed by atoms with Crippen molar-refractivity contribution >= 4 is 15.9 Å². The molecule has 0 radical (unpaired) electrons. The van der Waals surface area contributed by atoms with E-state index in [1.54, 1.807) is 35.0 Å². The minimum atomic E-state index is -3.65. The Hall–Kier alpha value is -2.42. The normalized spacial score (nSPS) is 14.1. The van der Waals surface area contributed by atoms with Crippen LogP contribution in [0.2, 0.25) is 0 Å². The molecule has 0 aromatic heterocycles. The summed E-state index contributed by atoms with van der Waals surface area (Å²) in [5, 5.41) is 2.91. The van der Waals surface area contributed by atoms with Crippen LogP contribution in [0.3, 0.4) is 0 Å². The summed E-state index contributed by atoms with van der Waals surface area (Å²) in [6.07, 6.45) is -0.351. The lowest BCUT2D eigenvalue weighted by Crippen LogP contribution is -2.40. The van der Waals surface area contributed by atoms with E-state index in [2.05, 4.69) is 10.0 Å². The van der Waals surface area contributed by atoms with Crippen LogP contribution < -0.4 is 14.8 Å². The number of methoxy groups -OCH3 is 2. The third-order valence-corrected chi connectivity index (χ3v) is 6.15. The fourth-order valence-corrected chi connectivity index (χ4v) is 4.45. The largest absolute Gasteiger partial charge is 0.497 e. The van der Waals surface area contributed by atoms with Gasteiger partial charge >= 0.3 is 0 Å². The zero-order valence-electron chi connectivity index (χ0n) is 18.2. The van der Waals surface area contributed by atoms with Gasteiger partial charge in [-0.2, -0.15) is 0 Å². The Morgan fingerprint density at radius 2 is 1.53 bits per heavy atom. The second kappa shape index (κ2) is 9.59. The summed E-state index contributed by atoms with van der Waals surface area (Å²) < 4.78 is 38.1. The summed E-state index contributed by atoms with van der Waals surface area (Å²) in [6, 6.07) is 13.0. The van der Waals surface area contributed by atoms with E-state index in [0.29, 0.717) is 5.56 Å².